The Hall–Kier alpha value is -1.55. The van der Waals surface area contributed by atoms with Crippen molar-refractivity contribution in [3.05, 3.63) is 24.4 Å². The summed E-state index contributed by atoms with van der Waals surface area (Å²) in [6, 6.07) is 5.81. The van der Waals surface area contributed by atoms with E-state index in [9.17, 15) is 0 Å². The number of para-hydroxylation sites is 1. The van der Waals surface area contributed by atoms with Crippen LogP contribution in [0.2, 0.25) is 0 Å². The van der Waals surface area contributed by atoms with Crippen molar-refractivity contribution in [2.24, 2.45) is 0 Å². The maximum Gasteiger partial charge on any atom is 0.0912 e. The second kappa shape index (κ2) is 3.67. The lowest BCUT2D eigenvalue weighted by Gasteiger charge is -2.04. The predicted molar refractivity (Wildman–Crippen MR) is 56.0 cm³/mol. The molecule has 0 aliphatic rings. The number of rotatable bonds is 3. The van der Waals surface area contributed by atoms with Crippen molar-refractivity contribution >= 4 is 16.6 Å². The molecular weight excluding hydrogens is 178 g/mol. The molecule has 0 aliphatic heterocycles. The van der Waals surface area contributed by atoms with E-state index >= 15 is 0 Å². The molecule has 0 spiro atoms. The Kier molecular flexibility index (Phi) is 2.37. The highest BCUT2D eigenvalue weighted by atomic mass is 16.5. The van der Waals surface area contributed by atoms with Crippen LogP contribution in [-0.4, -0.2) is 23.5 Å². The first-order valence-corrected chi connectivity index (χ1v) is 4.52. The van der Waals surface area contributed by atoms with Gasteiger partial charge in [0.25, 0.3) is 0 Å². The molecule has 2 rings (SSSR count). The molecule has 0 radical (unpaired) electrons. The molecule has 1 aromatic carbocycles. The van der Waals surface area contributed by atoms with E-state index in [1.807, 2.05) is 29.1 Å². The van der Waals surface area contributed by atoms with Gasteiger partial charge in [-0.25, -0.2) is 0 Å². The highest BCUT2D eigenvalue weighted by molar-refractivity contribution is 5.89. The van der Waals surface area contributed by atoms with Gasteiger partial charge in [0.05, 0.1) is 30.6 Å². The highest BCUT2D eigenvalue weighted by Crippen LogP contribution is 2.19. The molecule has 0 fully saturated rings. The molecule has 1 heterocycles. The lowest BCUT2D eigenvalue weighted by molar-refractivity contribution is 0.185. The molecule has 14 heavy (non-hydrogen) atoms. The number of anilines is 1. The monoisotopic (exact) mass is 191 g/mol. The van der Waals surface area contributed by atoms with Gasteiger partial charge < -0.3 is 10.5 Å². The molecule has 4 nitrogen and oxygen atoms in total. The fraction of sp³-hybridized carbons (Fsp3) is 0.300. The number of nitrogens with two attached hydrogens (primary N) is 1. The number of hydrogen-bond donors (Lipinski definition) is 1. The third-order valence-electron chi connectivity index (χ3n) is 2.20. The largest absolute Gasteiger partial charge is 0.397 e. The first-order chi connectivity index (χ1) is 6.83. The number of methoxy groups -OCH3 is 1. The maximum absolute atomic E-state index is 5.87. The van der Waals surface area contributed by atoms with Gasteiger partial charge in [0.15, 0.2) is 0 Å². The quantitative estimate of drug-likeness (QED) is 0.743. The highest BCUT2D eigenvalue weighted by Gasteiger charge is 2.04. The standard InChI is InChI=1S/C10H13N3O/c1-14-6-5-13-10-8(7-12-13)3-2-4-9(10)11/h2-4,7H,5-6,11H2,1H3. The van der Waals surface area contributed by atoms with E-state index in [1.54, 1.807) is 7.11 Å². The first kappa shape index (κ1) is 9.02. The average molecular weight is 191 g/mol. The summed E-state index contributed by atoms with van der Waals surface area (Å²) in [4.78, 5) is 0. The van der Waals surface area contributed by atoms with E-state index in [-0.39, 0.29) is 0 Å². The van der Waals surface area contributed by atoms with Crippen LogP contribution in [-0.2, 0) is 11.3 Å². The minimum absolute atomic E-state index is 0.644. The van der Waals surface area contributed by atoms with Gasteiger partial charge in [-0.05, 0) is 6.07 Å². The lowest BCUT2D eigenvalue weighted by Crippen LogP contribution is -2.06. The smallest absolute Gasteiger partial charge is 0.0912 e. The average Bonchev–Trinajstić information content (AvgIpc) is 2.59. The van der Waals surface area contributed by atoms with E-state index in [0.717, 1.165) is 23.1 Å². The molecule has 0 atom stereocenters. The van der Waals surface area contributed by atoms with Crippen LogP contribution in [0.4, 0.5) is 5.69 Å². The van der Waals surface area contributed by atoms with Crippen molar-refractivity contribution in [1.82, 2.24) is 9.78 Å². The van der Waals surface area contributed by atoms with Crippen molar-refractivity contribution in [3.8, 4) is 0 Å². The summed E-state index contributed by atoms with van der Waals surface area (Å²) in [6.07, 6.45) is 1.82. The van der Waals surface area contributed by atoms with Crippen molar-refractivity contribution < 1.29 is 4.74 Å². The van der Waals surface area contributed by atoms with Crippen molar-refractivity contribution in [1.29, 1.82) is 0 Å². The maximum atomic E-state index is 5.87. The Morgan fingerprint density at radius 2 is 2.36 bits per heavy atom. The number of ether oxygens (including phenoxy) is 1. The zero-order chi connectivity index (χ0) is 9.97. The van der Waals surface area contributed by atoms with Crippen LogP contribution in [0, 0.1) is 0 Å². The second-order valence-electron chi connectivity index (χ2n) is 3.15. The van der Waals surface area contributed by atoms with Crippen LogP contribution < -0.4 is 5.73 Å². The van der Waals surface area contributed by atoms with Crippen LogP contribution in [0.1, 0.15) is 0 Å². The number of hydrogen-bond acceptors (Lipinski definition) is 3. The van der Waals surface area contributed by atoms with Gasteiger partial charge in [0.1, 0.15) is 0 Å². The van der Waals surface area contributed by atoms with E-state index in [4.69, 9.17) is 10.5 Å². The van der Waals surface area contributed by atoms with Gasteiger partial charge in [-0.3, -0.25) is 4.68 Å². The molecule has 0 bridgehead atoms. The Bertz CT molecular complexity index is 436. The fourth-order valence-corrected chi connectivity index (χ4v) is 1.52. The van der Waals surface area contributed by atoms with Crippen LogP contribution in [0.5, 0.6) is 0 Å². The molecule has 0 aliphatic carbocycles. The number of nitrogens with zero attached hydrogens (tertiary/aromatic N) is 2. The summed E-state index contributed by atoms with van der Waals surface area (Å²) in [5.41, 5.74) is 7.62. The number of aromatic nitrogens is 2. The van der Waals surface area contributed by atoms with Gasteiger partial charge >= 0.3 is 0 Å². The fourth-order valence-electron chi connectivity index (χ4n) is 1.52. The minimum Gasteiger partial charge on any atom is -0.397 e. The molecule has 0 unspecified atom stereocenters. The van der Waals surface area contributed by atoms with E-state index < -0.39 is 0 Å². The molecular formula is C10H13N3O. The van der Waals surface area contributed by atoms with Crippen LogP contribution >= 0.6 is 0 Å². The van der Waals surface area contributed by atoms with E-state index in [0.29, 0.717) is 6.61 Å². The molecule has 1 aromatic heterocycles. The zero-order valence-corrected chi connectivity index (χ0v) is 8.10. The summed E-state index contributed by atoms with van der Waals surface area (Å²) in [5.74, 6) is 0. The van der Waals surface area contributed by atoms with Gasteiger partial charge in [0.2, 0.25) is 0 Å². The summed E-state index contributed by atoms with van der Waals surface area (Å²) >= 11 is 0. The summed E-state index contributed by atoms with van der Waals surface area (Å²) in [7, 11) is 1.68. The number of fused-ring (bicyclic) bond motifs is 1. The third-order valence-corrected chi connectivity index (χ3v) is 2.20. The molecule has 0 saturated heterocycles. The van der Waals surface area contributed by atoms with E-state index in [2.05, 4.69) is 5.10 Å². The summed E-state index contributed by atoms with van der Waals surface area (Å²) < 4.78 is 6.87. The van der Waals surface area contributed by atoms with Gasteiger partial charge in [-0.2, -0.15) is 5.10 Å². The Balaban J connectivity index is 2.45. The Morgan fingerprint density at radius 3 is 3.14 bits per heavy atom. The van der Waals surface area contributed by atoms with Crippen molar-refractivity contribution in [3.63, 3.8) is 0 Å². The lowest BCUT2D eigenvalue weighted by atomic mass is 10.2. The zero-order valence-electron chi connectivity index (χ0n) is 8.10. The summed E-state index contributed by atoms with van der Waals surface area (Å²) in [5, 5.41) is 5.32. The van der Waals surface area contributed by atoms with Crippen molar-refractivity contribution in [2.75, 3.05) is 19.5 Å². The molecule has 2 aromatic rings. The van der Waals surface area contributed by atoms with Gasteiger partial charge in [-0.1, -0.05) is 12.1 Å². The Labute approximate surface area is 82.3 Å². The Morgan fingerprint density at radius 1 is 1.50 bits per heavy atom. The molecule has 74 valence electrons. The SMILES string of the molecule is COCCn1ncc2cccc(N)c21. The molecule has 0 saturated carbocycles. The summed E-state index contributed by atoms with van der Waals surface area (Å²) in [6.45, 7) is 1.37. The molecule has 0 amide bonds. The molecule has 2 N–H and O–H groups in total. The van der Waals surface area contributed by atoms with Gasteiger partial charge in [0, 0.05) is 12.5 Å². The first-order valence-electron chi connectivity index (χ1n) is 4.52. The second-order valence-corrected chi connectivity index (χ2v) is 3.15. The predicted octanol–water partition coefficient (Wildman–Crippen LogP) is 1.26. The van der Waals surface area contributed by atoms with Crippen molar-refractivity contribution in [2.45, 2.75) is 6.54 Å². The third kappa shape index (κ3) is 1.44. The van der Waals surface area contributed by atoms with E-state index in [1.165, 1.54) is 0 Å². The van der Waals surface area contributed by atoms with Crippen LogP contribution in [0.3, 0.4) is 0 Å². The number of nitrogen functional groups attached to an aromatic ring is 1. The minimum atomic E-state index is 0.644. The van der Waals surface area contributed by atoms with Crippen LogP contribution in [0.15, 0.2) is 24.4 Å². The van der Waals surface area contributed by atoms with Crippen LogP contribution in [0.25, 0.3) is 10.9 Å². The molecule has 4 heteroatoms. The van der Waals surface area contributed by atoms with Gasteiger partial charge in [-0.15, -0.1) is 0 Å². The number of benzene rings is 1. The topological polar surface area (TPSA) is 53.1 Å². The normalized spacial score (nSPS) is 10.9.